The van der Waals surface area contributed by atoms with Crippen molar-refractivity contribution in [3.05, 3.63) is 93.7 Å². The summed E-state index contributed by atoms with van der Waals surface area (Å²) < 4.78 is 12.2. The Morgan fingerprint density at radius 1 is 0.647 bits per heavy atom. The van der Waals surface area contributed by atoms with Crippen molar-refractivity contribution in [1.82, 2.24) is 14.5 Å². The Morgan fingerprint density at radius 3 is 1.79 bits per heavy atom. The maximum absolute atomic E-state index is 6.34. The number of nitrogens with zero attached hydrogens (tertiary/aromatic N) is 3. The third-order valence-corrected chi connectivity index (χ3v) is 11.5. The first-order valence-corrected chi connectivity index (χ1v) is 14.8. The van der Waals surface area contributed by atoms with E-state index in [4.69, 9.17) is 14.4 Å². The minimum absolute atomic E-state index is 0.525. The topological polar surface area (TPSA) is 37.4 Å². The van der Waals surface area contributed by atoms with Crippen molar-refractivity contribution >= 4 is 112 Å². The number of hydrogen-bond donors (Lipinski definition) is 0. The summed E-state index contributed by atoms with van der Waals surface area (Å²) in [6.07, 6.45) is -0.776. The maximum atomic E-state index is 6.34. The quantitative estimate of drug-likeness (QED) is 0.181. The van der Waals surface area contributed by atoms with Gasteiger partial charge in [-0.2, -0.15) is 4.03 Å². The molecule has 0 radical (unpaired) electrons. The molecular weight excluding hydrogens is 902 g/mol. The monoisotopic (exact) mass is 907 g/mol. The Balaban J connectivity index is 1.79. The van der Waals surface area contributed by atoms with Gasteiger partial charge >= 0.3 is 0 Å². The normalized spacial score (nSPS) is 17.1. The number of hydrazine groups is 2. The molecule has 1 unspecified atom stereocenters. The number of para-hydroxylation sites is 1. The van der Waals surface area contributed by atoms with Crippen LogP contribution in [0.4, 0.5) is 0 Å². The Morgan fingerprint density at radius 2 is 1.21 bits per heavy atom. The van der Waals surface area contributed by atoms with E-state index in [0.717, 1.165) is 17.9 Å². The van der Waals surface area contributed by atoms with Gasteiger partial charge in [-0.15, -0.1) is 0 Å². The molecule has 4 rings (SSSR count). The van der Waals surface area contributed by atoms with E-state index in [1.807, 2.05) is 66.7 Å². The summed E-state index contributed by atoms with van der Waals surface area (Å²) in [5, 5.41) is 2.82. The van der Waals surface area contributed by atoms with Gasteiger partial charge in [-0.05, 0) is 132 Å². The summed E-state index contributed by atoms with van der Waals surface area (Å²) in [6, 6.07) is 20.6. The van der Waals surface area contributed by atoms with E-state index in [-0.39, 0.29) is 0 Å². The fourth-order valence-corrected chi connectivity index (χ4v) is 5.48. The second-order valence-corrected chi connectivity index (χ2v) is 12.1. The largest absolute Gasteiger partial charge is 0.465 e. The van der Waals surface area contributed by atoms with Gasteiger partial charge < -0.3 is 14.4 Å². The van der Waals surface area contributed by atoms with Gasteiger partial charge in [0.1, 0.15) is 10.4 Å². The van der Waals surface area contributed by atoms with Gasteiger partial charge in [-0.25, -0.2) is 0 Å². The fraction of sp³-hybridized carbons (Fsp3) is 0.0476. The lowest BCUT2D eigenvalue weighted by atomic mass is 10.3. The first kappa shape index (κ1) is 26.9. The molecule has 3 aromatic rings. The lowest BCUT2D eigenvalue weighted by molar-refractivity contribution is -0.418. The number of hydroxylamine groups is 1. The first-order valence-electron chi connectivity index (χ1n) is 9.34. The van der Waals surface area contributed by atoms with Crippen molar-refractivity contribution in [2.45, 2.75) is 6.23 Å². The predicted molar refractivity (Wildman–Crippen MR) is 155 cm³/mol. The van der Waals surface area contributed by atoms with Gasteiger partial charge in [-0.1, -0.05) is 30.3 Å². The van der Waals surface area contributed by atoms with E-state index in [9.17, 15) is 0 Å². The van der Waals surface area contributed by atoms with Crippen LogP contribution in [0.3, 0.4) is 0 Å². The third kappa shape index (κ3) is 5.88. The van der Waals surface area contributed by atoms with Crippen molar-refractivity contribution in [3.8, 4) is 17.2 Å². The second kappa shape index (κ2) is 12.0. The van der Waals surface area contributed by atoms with Gasteiger partial charge in [0.2, 0.25) is 6.23 Å². The molecule has 0 bridgehead atoms. The van der Waals surface area contributed by atoms with Crippen molar-refractivity contribution in [2.24, 2.45) is 0 Å². The molecule has 1 atom stereocenters. The Kier molecular flexibility index (Phi) is 9.47. The van der Waals surface area contributed by atoms with Gasteiger partial charge in [-0.3, -0.25) is 0 Å². The zero-order chi connectivity index (χ0) is 24.4. The highest BCUT2D eigenvalue weighted by Crippen LogP contribution is 2.42. The van der Waals surface area contributed by atoms with Crippen LogP contribution in [-0.2, 0) is 0 Å². The van der Waals surface area contributed by atoms with E-state index in [0.29, 0.717) is 26.3 Å². The van der Waals surface area contributed by atoms with Crippen molar-refractivity contribution in [2.75, 3.05) is 0 Å². The molecule has 1 aliphatic heterocycles. The molecule has 1 heterocycles. The number of rotatable bonds is 6. The number of benzene rings is 3. The van der Waals surface area contributed by atoms with Gasteiger partial charge in [0.15, 0.2) is 11.5 Å². The molecule has 13 heteroatoms. The molecule has 0 spiro atoms. The van der Waals surface area contributed by atoms with Gasteiger partial charge in [0, 0.05) is 14.1 Å². The summed E-state index contributed by atoms with van der Waals surface area (Å²) in [5.74, 6) is 1.69. The molecule has 6 nitrogen and oxygen atoms in total. The molecule has 34 heavy (non-hydrogen) atoms. The van der Waals surface area contributed by atoms with Crippen LogP contribution in [-0.4, -0.2) is 20.7 Å². The number of halogens is 7. The minimum Gasteiger partial charge on any atom is -0.465 e. The molecule has 3 aromatic carbocycles. The maximum Gasteiger partial charge on any atom is 0.239 e. The van der Waals surface area contributed by atoms with Crippen LogP contribution in [0.2, 0.25) is 0 Å². The Labute approximate surface area is 255 Å². The molecule has 0 amide bonds. The van der Waals surface area contributed by atoms with E-state index in [2.05, 4.69) is 112 Å². The summed E-state index contributed by atoms with van der Waals surface area (Å²) in [6.45, 7) is 0. The first-order chi connectivity index (χ1) is 16.3. The highest BCUT2D eigenvalue weighted by Gasteiger charge is 2.44. The van der Waals surface area contributed by atoms with Crippen LogP contribution < -0.4 is 14.4 Å². The molecule has 0 aromatic heterocycles. The minimum atomic E-state index is -0.776. The predicted octanol–water partition coefficient (Wildman–Crippen LogP) is 9.45. The molecule has 0 fully saturated rings. The van der Waals surface area contributed by atoms with E-state index >= 15 is 0 Å². The van der Waals surface area contributed by atoms with E-state index in [1.54, 1.807) is 4.03 Å². The third-order valence-electron chi connectivity index (χ3n) is 4.29. The summed E-state index contributed by atoms with van der Waals surface area (Å²) >= 11 is 24.9. The van der Waals surface area contributed by atoms with Crippen LogP contribution in [0.25, 0.3) is 0 Å². The average Bonchev–Trinajstić information content (AvgIpc) is 2.83. The van der Waals surface area contributed by atoms with Gasteiger partial charge in [0.25, 0.3) is 0 Å². The van der Waals surface area contributed by atoms with Crippen molar-refractivity contribution in [1.29, 1.82) is 0 Å². The van der Waals surface area contributed by atoms with Crippen LogP contribution >= 0.6 is 112 Å². The number of hydrogen-bond acceptors (Lipinski definition) is 6. The van der Waals surface area contributed by atoms with Crippen molar-refractivity contribution in [3.63, 3.8) is 0 Å². The SMILES string of the molecule is BrC1=C(Br)N(Br)N(Oc2cccc(Br)c2Br)N(Oc2cccc(Br)c2Br)C1Oc1ccccc1. The smallest absolute Gasteiger partial charge is 0.239 e. The Bertz CT molecular complexity index is 1220. The van der Waals surface area contributed by atoms with Crippen LogP contribution in [0.15, 0.2) is 93.7 Å². The lowest BCUT2D eigenvalue weighted by Gasteiger charge is -2.43. The molecule has 0 saturated carbocycles. The molecule has 0 saturated heterocycles. The van der Waals surface area contributed by atoms with E-state index < -0.39 is 6.23 Å². The molecule has 178 valence electrons. The summed E-state index contributed by atoms with van der Waals surface area (Å²) in [5.41, 5.74) is 0. The zero-order valence-corrected chi connectivity index (χ0v) is 27.7. The number of ether oxygens (including phenoxy) is 1. The summed E-state index contributed by atoms with van der Waals surface area (Å²) in [7, 11) is 0. The second-order valence-electron chi connectivity index (χ2n) is 6.52. The molecule has 1 aliphatic rings. The van der Waals surface area contributed by atoms with Crippen LogP contribution in [0, 0.1) is 0 Å². The summed E-state index contributed by atoms with van der Waals surface area (Å²) in [4.78, 5) is 12.6. The van der Waals surface area contributed by atoms with Crippen molar-refractivity contribution < 1.29 is 14.4 Å². The van der Waals surface area contributed by atoms with Crippen LogP contribution in [0.5, 0.6) is 17.2 Å². The molecule has 0 N–H and O–H groups in total. The highest BCUT2D eigenvalue weighted by atomic mass is 79.9. The molecule has 0 aliphatic carbocycles. The average molecular weight is 914 g/mol. The van der Waals surface area contributed by atoms with Crippen LogP contribution in [0.1, 0.15) is 0 Å². The molecular formula is C21H12Br7N3O3. The standard InChI is InChI=1S/C21H12Br7N3O3/c22-13-8-4-10-15(17(13)24)33-30-21(32-12-6-2-1-3-7-12)19(26)20(27)29(28)31(30)34-16-11-5-9-14(23)18(16)25/h1-11,21H. The van der Waals surface area contributed by atoms with E-state index in [1.165, 1.54) is 10.5 Å². The van der Waals surface area contributed by atoms with Gasteiger partial charge in [0.05, 0.1) is 34.9 Å². The highest BCUT2D eigenvalue weighted by molar-refractivity contribution is 9.15. The Hall–Kier alpha value is -0.120. The fourth-order valence-electron chi connectivity index (χ4n) is 2.71. The lowest BCUT2D eigenvalue weighted by Crippen LogP contribution is -2.61. The zero-order valence-electron chi connectivity index (χ0n) is 16.6.